The lowest BCUT2D eigenvalue weighted by Gasteiger charge is -2.10. The number of carbonyl (C=O) groups excluding carboxylic acids is 2. The van der Waals surface area contributed by atoms with E-state index in [-0.39, 0.29) is 25.5 Å². The Balaban J connectivity index is 1.80. The van der Waals surface area contributed by atoms with Crippen LogP contribution in [0.4, 0.5) is 13.2 Å². The summed E-state index contributed by atoms with van der Waals surface area (Å²) in [6.45, 7) is 1.89. The lowest BCUT2D eigenvalue weighted by Crippen LogP contribution is -2.29. The highest BCUT2D eigenvalue weighted by molar-refractivity contribution is 5.93. The summed E-state index contributed by atoms with van der Waals surface area (Å²) in [7, 11) is 0. The molecule has 30 heavy (non-hydrogen) atoms. The minimum atomic E-state index is -4.73. The van der Waals surface area contributed by atoms with Gasteiger partial charge in [-0.15, -0.1) is 13.2 Å². The SMILES string of the molecule is CCOC(=O)CNC(=O)/C=C/c1ccc(OCc2ccc(OC(F)(F)F)cc2)cc1. The molecule has 0 aromatic heterocycles. The van der Waals surface area contributed by atoms with Gasteiger partial charge in [-0.2, -0.15) is 0 Å². The van der Waals surface area contributed by atoms with Crippen LogP contribution < -0.4 is 14.8 Å². The summed E-state index contributed by atoms with van der Waals surface area (Å²) >= 11 is 0. The van der Waals surface area contributed by atoms with E-state index in [1.54, 1.807) is 37.3 Å². The van der Waals surface area contributed by atoms with E-state index < -0.39 is 18.2 Å². The maximum absolute atomic E-state index is 12.1. The average Bonchev–Trinajstić information content (AvgIpc) is 2.70. The number of rotatable bonds is 9. The molecule has 0 aliphatic heterocycles. The molecule has 0 heterocycles. The second-order valence-electron chi connectivity index (χ2n) is 5.91. The molecule has 1 N–H and O–H groups in total. The van der Waals surface area contributed by atoms with Crippen molar-refractivity contribution in [3.8, 4) is 11.5 Å². The third-order valence-corrected chi connectivity index (χ3v) is 3.58. The predicted octanol–water partition coefficient (Wildman–Crippen LogP) is 3.86. The Bertz CT molecular complexity index is 862. The van der Waals surface area contributed by atoms with Crippen LogP contribution in [-0.4, -0.2) is 31.4 Å². The molecule has 0 fully saturated rings. The van der Waals surface area contributed by atoms with Gasteiger partial charge in [-0.25, -0.2) is 0 Å². The Labute approximate surface area is 171 Å². The van der Waals surface area contributed by atoms with E-state index in [9.17, 15) is 22.8 Å². The summed E-state index contributed by atoms with van der Waals surface area (Å²) in [5, 5.41) is 2.41. The van der Waals surface area contributed by atoms with Gasteiger partial charge in [0.25, 0.3) is 0 Å². The molecule has 0 atom stereocenters. The zero-order valence-electron chi connectivity index (χ0n) is 16.1. The highest BCUT2D eigenvalue weighted by Crippen LogP contribution is 2.23. The molecule has 0 radical (unpaired) electrons. The zero-order valence-corrected chi connectivity index (χ0v) is 16.1. The third kappa shape index (κ3) is 8.68. The number of ether oxygens (including phenoxy) is 3. The lowest BCUT2D eigenvalue weighted by atomic mass is 10.2. The number of amides is 1. The minimum Gasteiger partial charge on any atom is -0.489 e. The first-order valence-electron chi connectivity index (χ1n) is 8.94. The van der Waals surface area contributed by atoms with Crippen molar-refractivity contribution in [2.24, 2.45) is 0 Å². The number of halogens is 3. The summed E-state index contributed by atoms with van der Waals surface area (Å²) in [5.41, 5.74) is 1.41. The molecule has 2 aromatic rings. The van der Waals surface area contributed by atoms with Gasteiger partial charge in [0.1, 0.15) is 24.7 Å². The smallest absolute Gasteiger partial charge is 0.489 e. The Hall–Kier alpha value is -3.49. The molecular formula is C21H20F3NO5. The van der Waals surface area contributed by atoms with Gasteiger partial charge < -0.3 is 19.5 Å². The summed E-state index contributed by atoms with van der Waals surface area (Å²) in [4.78, 5) is 22.8. The Kier molecular flexibility index (Phi) is 8.28. The van der Waals surface area contributed by atoms with Gasteiger partial charge in [-0.3, -0.25) is 9.59 Å². The van der Waals surface area contributed by atoms with Crippen molar-refractivity contribution in [3.63, 3.8) is 0 Å². The number of carbonyl (C=O) groups is 2. The maximum atomic E-state index is 12.1. The van der Waals surface area contributed by atoms with Crippen LogP contribution in [0.15, 0.2) is 54.6 Å². The molecule has 160 valence electrons. The topological polar surface area (TPSA) is 73.9 Å². The van der Waals surface area contributed by atoms with Gasteiger partial charge in [-0.1, -0.05) is 24.3 Å². The van der Waals surface area contributed by atoms with Gasteiger partial charge in [0, 0.05) is 6.08 Å². The Morgan fingerprint density at radius 3 is 2.23 bits per heavy atom. The fourth-order valence-electron chi connectivity index (χ4n) is 2.23. The van der Waals surface area contributed by atoms with E-state index >= 15 is 0 Å². The largest absolute Gasteiger partial charge is 0.573 e. The quantitative estimate of drug-likeness (QED) is 0.490. The van der Waals surface area contributed by atoms with Crippen LogP contribution >= 0.6 is 0 Å². The molecule has 0 bridgehead atoms. The van der Waals surface area contributed by atoms with Crippen LogP contribution in [0, 0.1) is 0 Å². The van der Waals surface area contributed by atoms with Crippen molar-refractivity contribution in [3.05, 3.63) is 65.7 Å². The number of alkyl halides is 3. The number of esters is 1. The minimum absolute atomic E-state index is 0.164. The van der Waals surface area contributed by atoms with E-state index in [2.05, 4.69) is 10.1 Å². The molecule has 0 unspecified atom stereocenters. The van der Waals surface area contributed by atoms with Crippen LogP contribution in [0.3, 0.4) is 0 Å². The van der Waals surface area contributed by atoms with Crippen molar-refractivity contribution in [2.45, 2.75) is 19.9 Å². The van der Waals surface area contributed by atoms with Crippen molar-refractivity contribution >= 4 is 18.0 Å². The van der Waals surface area contributed by atoms with Crippen LogP contribution in [0.25, 0.3) is 6.08 Å². The molecule has 6 nitrogen and oxygen atoms in total. The molecule has 0 aliphatic carbocycles. The van der Waals surface area contributed by atoms with E-state index in [0.29, 0.717) is 11.3 Å². The third-order valence-electron chi connectivity index (χ3n) is 3.58. The highest BCUT2D eigenvalue weighted by Gasteiger charge is 2.30. The van der Waals surface area contributed by atoms with Crippen molar-refractivity contribution in [1.29, 1.82) is 0 Å². The van der Waals surface area contributed by atoms with Gasteiger partial charge in [0.05, 0.1) is 6.61 Å². The zero-order chi connectivity index (χ0) is 22.0. The number of benzene rings is 2. The predicted molar refractivity (Wildman–Crippen MR) is 103 cm³/mol. The Morgan fingerprint density at radius 2 is 1.63 bits per heavy atom. The molecular weight excluding hydrogens is 403 g/mol. The number of nitrogens with one attached hydrogen (secondary N) is 1. The summed E-state index contributed by atoms with van der Waals surface area (Å²) in [6, 6.07) is 12.2. The normalized spacial score (nSPS) is 11.2. The van der Waals surface area contributed by atoms with E-state index in [1.165, 1.54) is 30.3 Å². The first-order chi connectivity index (χ1) is 14.2. The highest BCUT2D eigenvalue weighted by atomic mass is 19.4. The second kappa shape index (κ2) is 10.9. The second-order valence-corrected chi connectivity index (χ2v) is 5.91. The molecule has 0 saturated heterocycles. The summed E-state index contributed by atoms with van der Waals surface area (Å²) in [6.07, 6.45) is -1.86. The summed E-state index contributed by atoms with van der Waals surface area (Å²) in [5.74, 6) is -0.687. The number of hydrogen-bond acceptors (Lipinski definition) is 5. The molecule has 9 heteroatoms. The van der Waals surface area contributed by atoms with Crippen LogP contribution in [0.5, 0.6) is 11.5 Å². The van der Waals surface area contributed by atoms with Gasteiger partial charge in [0.2, 0.25) is 5.91 Å². The first-order valence-corrected chi connectivity index (χ1v) is 8.94. The monoisotopic (exact) mass is 423 g/mol. The van der Waals surface area contributed by atoms with Gasteiger partial charge in [0.15, 0.2) is 0 Å². The van der Waals surface area contributed by atoms with Gasteiger partial charge in [-0.05, 0) is 48.4 Å². The van der Waals surface area contributed by atoms with Crippen LogP contribution in [0.2, 0.25) is 0 Å². The molecule has 0 saturated carbocycles. The van der Waals surface area contributed by atoms with Crippen molar-refractivity contribution < 1.29 is 37.0 Å². The molecule has 1 amide bonds. The van der Waals surface area contributed by atoms with Crippen LogP contribution in [-0.2, 0) is 20.9 Å². The molecule has 2 rings (SSSR count). The fraction of sp³-hybridized carbons (Fsp3) is 0.238. The number of hydrogen-bond donors (Lipinski definition) is 1. The van der Waals surface area contributed by atoms with Crippen molar-refractivity contribution in [2.75, 3.05) is 13.2 Å². The molecule has 0 spiro atoms. The molecule has 0 aliphatic rings. The van der Waals surface area contributed by atoms with E-state index in [0.717, 1.165) is 5.56 Å². The fourth-order valence-corrected chi connectivity index (χ4v) is 2.23. The van der Waals surface area contributed by atoms with Crippen LogP contribution in [0.1, 0.15) is 18.1 Å². The molecule has 2 aromatic carbocycles. The van der Waals surface area contributed by atoms with E-state index in [1.807, 2.05) is 0 Å². The van der Waals surface area contributed by atoms with Gasteiger partial charge >= 0.3 is 12.3 Å². The maximum Gasteiger partial charge on any atom is 0.573 e. The average molecular weight is 423 g/mol. The first kappa shape index (κ1) is 22.8. The lowest BCUT2D eigenvalue weighted by molar-refractivity contribution is -0.274. The Morgan fingerprint density at radius 1 is 1.00 bits per heavy atom. The van der Waals surface area contributed by atoms with E-state index in [4.69, 9.17) is 9.47 Å². The summed E-state index contributed by atoms with van der Waals surface area (Å²) < 4.78 is 50.5. The van der Waals surface area contributed by atoms with Crippen molar-refractivity contribution in [1.82, 2.24) is 5.32 Å². The standard InChI is InChI=1S/C21H20F3NO5/c1-2-28-20(27)13-25-19(26)12-7-15-3-8-17(9-4-15)29-14-16-5-10-18(11-6-16)30-21(22,23)24/h3-12H,2,13-14H2,1H3,(H,25,26)/b12-7+.